The van der Waals surface area contributed by atoms with Gasteiger partial charge < -0.3 is 24.8 Å². The van der Waals surface area contributed by atoms with E-state index in [0.717, 1.165) is 0 Å². The largest absolute Gasteiger partial charge is 0.489 e. The van der Waals surface area contributed by atoms with E-state index >= 15 is 0 Å². The molecule has 0 aromatic heterocycles. The van der Waals surface area contributed by atoms with Crippen LogP contribution in [0.4, 0.5) is 4.79 Å². The molecule has 0 unspecified atom stereocenters. The van der Waals surface area contributed by atoms with E-state index in [1.54, 1.807) is 36.4 Å². The first-order valence-corrected chi connectivity index (χ1v) is 11.3. The molecule has 0 spiro atoms. The van der Waals surface area contributed by atoms with Gasteiger partial charge in [-0.3, -0.25) is 4.79 Å². The minimum Gasteiger partial charge on any atom is -0.489 e. The molecule has 0 saturated heterocycles. The van der Waals surface area contributed by atoms with Gasteiger partial charge in [0.25, 0.3) is 5.91 Å². The van der Waals surface area contributed by atoms with Gasteiger partial charge in [-0.1, -0.05) is 29.3 Å². The molecule has 34 heavy (non-hydrogen) atoms. The van der Waals surface area contributed by atoms with Crippen LogP contribution in [0, 0.1) is 11.3 Å². The van der Waals surface area contributed by atoms with Crippen LogP contribution < -0.4 is 20.1 Å². The average molecular weight is 502 g/mol. The van der Waals surface area contributed by atoms with Crippen LogP contribution in [0.1, 0.15) is 28.8 Å². The van der Waals surface area contributed by atoms with E-state index < -0.39 is 23.8 Å². The molecule has 10 heteroatoms. The highest BCUT2D eigenvalue weighted by Gasteiger charge is 2.45. The fraction of sp³-hybridized carbons (Fsp3) is 0.292. The molecule has 2 amide bonds. The van der Waals surface area contributed by atoms with E-state index in [4.69, 9.17) is 37.4 Å². The number of carbonyl (C=O) groups excluding carboxylic acids is 2. The molecule has 2 aliphatic heterocycles. The summed E-state index contributed by atoms with van der Waals surface area (Å²) in [6.45, 7) is 0.451. The van der Waals surface area contributed by atoms with Crippen LogP contribution in [-0.4, -0.2) is 37.0 Å². The van der Waals surface area contributed by atoms with Crippen molar-refractivity contribution in [2.24, 2.45) is 0 Å². The summed E-state index contributed by atoms with van der Waals surface area (Å²) < 4.78 is 16.9. The van der Waals surface area contributed by atoms with Crippen molar-refractivity contribution in [2.75, 3.05) is 13.2 Å². The normalized spacial score (nSPS) is 19.9. The summed E-state index contributed by atoms with van der Waals surface area (Å²) in [5.41, 5.74) is 0.0122. The molecular formula is C24H21Cl2N3O5. The molecule has 176 valence electrons. The number of carbonyl (C=O) groups is 2. The lowest BCUT2D eigenvalue weighted by Gasteiger charge is -2.22. The van der Waals surface area contributed by atoms with E-state index in [-0.39, 0.29) is 30.9 Å². The SMILES string of the molecule is N#CC1(NC(=O)O[C@H]2Cc3ccc(c(Cl)c3)OC/C=C/COc3cc(Cl)ccc3C(=O)N2)CC1. The van der Waals surface area contributed by atoms with Crippen molar-refractivity contribution in [2.45, 2.75) is 31.0 Å². The van der Waals surface area contributed by atoms with Gasteiger partial charge >= 0.3 is 6.09 Å². The molecule has 0 radical (unpaired) electrons. The highest BCUT2D eigenvalue weighted by atomic mass is 35.5. The lowest BCUT2D eigenvalue weighted by molar-refractivity contribution is 0.0622. The molecular weight excluding hydrogens is 481 g/mol. The standard InChI is InChI=1S/C24H21Cl2N3O5/c25-16-4-5-17-20(13-16)33-10-2-1-9-32-19-6-3-15(11-18(19)26)12-21(28-22(17)30)34-23(31)29-24(14-27)7-8-24/h1-6,11,13,21H,7-10,12H2,(H,28,30)(H,29,31)/b2-1+/t21-/m0/s1. The van der Waals surface area contributed by atoms with Gasteiger partial charge in [-0.15, -0.1) is 0 Å². The highest BCUT2D eigenvalue weighted by molar-refractivity contribution is 6.32. The molecule has 2 heterocycles. The maximum absolute atomic E-state index is 13.1. The van der Waals surface area contributed by atoms with Gasteiger partial charge in [0.05, 0.1) is 16.7 Å². The van der Waals surface area contributed by atoms with E-state index in [0.29, 0.717) is 34.2 Å². The number of fused-ring (bicyclic) bond motifs is 9. The van der Waals surface area contributed by atoms with Crippen molar-refractivity contribution in [3.63, 3.8) is 0 Å². The van der Waals surface area contributed by atoms with Crippen LogP contribution in [0.15, 0.2) is 48.6 Å². The zero-order valence-corrected chi connectivity index (χ0v) is 19.5. The first-order valence-electron chi connectivity index (χ1n) is 10.6. The summed E-state index contributed by atoms with van der Waals surface area (Å²) in [5, 5.41) is 15.3. The number of nitrogens with one attached hydrogen (secondary N) is 2. The average Bonchev–Trinajstić information content (AvgIpc) is 3.56. The Morgan fingerprint density at radius 1 is 1.12 bits per heavy atom. The molecule has 3 aliphatic rings. The molecule has 1 saturated carbocycles. The zero-order valence-electron chi connectivity index (χ0n) is 18.0. The number of hydrogen-bond donors (Lipinski definition) is 2. The predicted molar refractivity (Wildman–Crippen MR) is 125 cm³/mol. The van der Waals surface area contributed by atoms with Crippen molar-refractivity contribution >= 4 is 35.2 Å². The van der Waals surface area contributed by atoms with Gasteiger partial charge in [0.15, 0.2) is 6.23 Å². The summed E-state index contributed by atoms with van der Waals surface area (Å²) in [7, 11) is 0. The van der Waals surface area contributed by atoms with Crippen molar-refractivity contribution < 1.29 is 23.8 Å². The summed E-state index contributed by atoms with van der Waals surface area (Å²) in [6, 6.07) is 11.9. The van der Waals surface area contributed by atoms with Crippen LogP contribution in [-0.2, 0) is 11.2 Å². The topological polar surface area (TPSA) is 110 Å². The van der Waals surface area contributed by atoms with Gasteiger partial charge in [-0.2, -0.15) is 5.26 Å². The molecule has 5 rings (SSSR count). The van der Waals surface area contributed by atoms with Gasteiger partial charge in [0.2, 0.25) is 0 Å². The number of alkyl carbamates (subject to hydrolysis) is 1. The second kappa shape index (κ2) is 10.2. The second-order valence-corrected chi connectivity index (χ2v) is 8.73. The number of halogens is 2. The molecule has 2 N–H and O–H groups in total. The van der Waals surface area contributed by atoms with Crippen LogP contribution in [0.25, 0.3) is 0 Å². The Labute approximate surface area is 206 Å². The maximum atomic E-state index is 13.1. The van der Waals surface area contributed by atoms with E-state index in [1.807, 2.05) is 0 Å². The van der Waals surface area contributed by atoms with Crippen LogP contribution in [0.3, 0.4) is 0 Å². The molecule has 1 aliphatic carbocycles. The van der Waals surface area contributed by atoms with Gasteiger partial charge in [0, 0.05) is 11.4 Å². The monoisotopic (exact) mass is 501 g/mol. The minimum atomic E-state index is -1.05. The molecule has 2 aromatic rings. The second-order valence-electron chi connectivity index (χ2n) is 7.89. The van der Waals surface area contributed by atoms with Crippen LogP contribution in [0.5, 0.6) is 11.5 Å². The van der Waals surface area contributed by atoms with Crippen LogP contribution >= 0.6 is 23.2 Å². The highest BCUT2D eigenvalue weighted by Crippen LogP contribution is 2.34. The summed E-state index contributed by atoms with van der Waals surface area (Å²) in [4.78, 5) is 25.6. The number of rotatable bonds is 2. The Kier molecular flexibility index (Phi) is 7.15. The Morgan fingerprint density at radius 3 is 2.53 bits per heavy atom. The zero-order chi connectivity index (χ0) is 24.1. The van der Waals surface area contributed by atoms with E-state index in [9.17, 15) is 14.9 Å². The predicted octanol–water partition coefficient (Wildman–Crippen LogP) is 4.40. The molecule has 2 bridgehead atoms. The number of benzene rings is 2. The van der Waals surface area contributed by atoms with Crippen LogP contribution in [0.2, 0.25) is 10.0 Å². The number of ether oxygens (including phenoxy) is 3. The summed E-state index contributed by atoms with van der Waals surface area (Å²) >= 11 is 12.4. The maximum Gasteiger partial charge on any atom is 0.410 e. The van der Waals surface area contributed by atoms with Crippen molar-refractivity contribution in [3.8, 4) is 17.6 Å². The summed E-state index contributed by atoms with van der Waals surface area (Å²) in [5.74, 6) is 0.246. The fourth-order valence-electron chi connectivity index (χ4n) is 3.31. The number of hydrogen-bond acceptors (Lipinski definition) is 6. The third-order valence-electron chi connectivity index (χ3n) is 5.29. The summed E-state index contributed by atoms with van der Waals surface area (Å²) in [6.07, 6.45) is 2.89. The number of nitriles is 1. The first-order chi connectivity index (χ1) is 16.4. The van der Waals surface area contributed by atoms with E-state index in [2.05, 4.69) is 16.7 Å². The third kappa shape index (κ3) is 5.93. The van der Waals surface area contributed by atoms with Gasteiger partial charge in [-0.05, 0) is 60.9 Å². The number of amides is 2. The van der Waals surface area contributed by atoms with E-state index in [1.165, 1.54) is 12.1 Å². The Hall–Kier alpha value is -3.41. The van der Waals surface area contributed by atoms with Crippen molar-refractivity contribution in [1.29, 1.82) is 5.26 Å². The molecule has 8 nitrogen and oxygen atoms in total. The Morgan fingerprint density at radius 2 is 1.85 bits per heavy atom. The van der Waals surface area contributed by atoms with Crippen molar-refractivity contribution in [3.05, 3.63) is 69.7 Å². The first kappa shape index (κ1) is 23.7. The Balaban J connectivity index is 1.61. The molecule has 1 fully saturated rings. The molecule has 2 aromatic carbocycles. The molecule has 1 atom stereocenters. The number of nitrogens with zero attached hydrogens (tertiary/aromatic N) is 1. The van der Waals surface area contributed by atoms with Crippen molar-refractivity contribution in [1.82, 2.24) is 10.6 Å². The quantitative estimate of drug-likeness (QED) is 0.590. The lowest BCUT2D eigenvalue weighted by Crippen LogP contribution is -2.45. The Bertz CT molecular complexity index is 1170. The third-order valence-corrected chi connectivity index (χ3v) is 5.82. The smallest absolute Gasteiger partial charge is 0.410 e. The van der Waals surface area contributed by atoms with Gasteiger partial charge in [-0.25, -0.2) is 4.79 Å². The fourth-order valence-corrected chi connectivity index (χ4v) is 3.73. The van der Waals surface area contributed by atoms with Gasteiger partial charge in [0.1, 0.15) is 30.3 Å². The lowest BCUT2D eigenvalue weighted by atomic mass is 10.1. The minimum absolute atomic E-state index is 0.127.